The van der Waals surface area contributed by atoms with Crippen LogP contribution in [0.15, 0.2) is 41.9 Å². The molecule has 2 heterocycles. The van der Waals surface area contributed by atoms with Crippen LogP contribution in [0.5, 0.6) is 0 Å². The minimum atomic E-state index is -0.987. The third-order valence-electron chi connectivity index (χ3n) is 3.09. The first-order valence-electron chi connectivity index (χ1n) is 5.92. The predicted molar refractivity (Wildman–Crippen MR) is 74.8 cm³/mol. The summed E-state index contributed by atoms with van der Waals surface area (Å²) in [7, 11) is 0. The fourth-order valence-corrected chi connectivity index (χ4v) is 2.85. The van der Waals surface area contributed by atoms with E-state index in [2.05, 4.69) is 4.98 Å². The van der Waals surface area contributed by atoms with Gasteiger partial charge in [0, 0.05) is 17.3 Å². The molecule has 4 heteroatoms. The Bertz CT molecular complexity index is 738. The maximum absolute atomic E-state index is 13.8. The Hall–Kier alpha value is -1.78. The van der Waals surface area contributed by atoms with Gasteiger partial charge in [0.05, 0.1) is 10.2 Å². The lowest BCUT2D eigenvalue weighted by atomic mass is 10.0. The van der Waals surface area contributed by atoms with Crippen molar-refractivity contribution in [3.8, 4) is 0 Å². The van der Waals surface area contributed by atoms with Crippen molar-refractivity contribution >= 4 is 21.6 Å². The molecule has 3 aromatic rings. The van der Waals surface area contributed by atoms with Gasteiger partial charge in [-0.2, -0.15) is 0 Å². The molecule has 96 valence electrons. The van der Waals surface area contributed by atoms with Gasteiger partial charge in [-0.25, -0.2) is 4.39 Å². The molecule has 0 saturated carbocycles. The molecule has 0 radical (unpaired) electrons. The molecule has 2 aromatic heterocycles. The number of hydrogen-bond acceptors (Lipinski definition) is 3. The lowest BCUT2D eigenvalue weighted by Crippen LogP contribution is -2.03. The summed E-state index contributed by atoms with van der Waals surface area (Å²) in [6, 6.07) is 8.51. The van der Waals surface area contributed by atoms with Crippen LogP contribution in [0, 0.1) is 12.7 Å². The first kappa shape index (κ1) is 12.3. The quantitative estimate of drug-likeness (QED) is 0.770. The molecule has 19 heavy (non-hydrogen) atoms. The highest BCUT2D eigenvalue weighted by molar-refractivity contribution is 7.17. The zero-order chi connectivity index (χ0) is 13.4. The Morgan fingerprint density at radius 2 is 2.11 bits per heavy atom. The predicted octanol–water partition coefficient (Wildman–Crippen LogP) is 3.83. The van der Waals surface area contributed by atoms with Gasteiger partial charge in [0.15, 0.2) is 0 Å². The van der Waals surface area contributed by atoms with Gasteiger partial charge >= 0.3 is 0 Å². The number of pyridine rings is 1. The van der Waals surface area contributed by atoms with Crippen LogP contribution in [0.4, 0.5) is 4.39 Å². The van der Waals surface area contributed by atoms with Gasteiger partial charge in [-0.15, -0.1) is 11.3 Å². The Kier molecular flexibility index (Phi) is 3.05. The van der Waals surface area contributed by atoms with Crippen molar-refractivity contribution in [3.05, 3.63) is 64.4 Å². The minimum absolute atomic E-state index is 0.290. The molecule has 0 aliphatic rings. The molecule has 2 nitrogen and oxygen atoms in total. The Morgan fingerprint density at radius 1 is 1.26 bits per heavy atom. The van der Waals surface area contributed by atoms with E-state index in [0.717, 1.165) is 15.8 Å². The number of thiophene rings is 1. The van der Waals surface area contributed by atoms with Gasteiger partial charge in [0.25, 0.3) is 0 Å². The van der Waals surface area contributed by atoms with Crippen molar-refractivity contribution in [2.24, 2.45) is 0 Å². The van der Waals surface area contributed by atoms with Crippen LogP contribution < -0.4 is 0 Å². The van der Waals surface area contributed by atoms with E-state index in [1.165, 1.54) is 6.07 Å². The zero-order valence-electron chi connectivity index (χ0n) is 10.3. The summed E-state index contributed by atoms with van der Waals surface area (Å²) in [6.45, 7) is 1.87. The molecule has 1 atom stereocenters. The van der Waals surface area contributed by atoms with Crippen LogP contribution in [0.3, 0.4) is 0 Å². The molecular weight excluding hydrogens is 261 g/mol. The third-order valence-corrected chi connectivity index (χ3v) is 3.94. The first-order chi connectivity index (χ1) is 9.15. The van der Waals surface area contributed by atoms with Crippen molar-refractivity contribution in [3.63, 3.8) is 0 Å². The van der Waals surface area contributed by atoms with E-state index in [0.29, 0.717) is 5.56 Å². The van der Waals surface area contributed by atoms with Crippen LogP contribution in [0.25, 0.3) is 10.2 Å². The number of aliphatic hydroxyl groups is 1. The number of benzene rings is 1. The highest BCUT2D eigenvalue weighted by Gasteiger charge is 2.16. The van der Waals surface area contributed by atoms with Gasteiger partial charge in [-0.1, -0.05) is 17.7 Å². The second-order valence-electron chi connectivity index (χ2n) is 4.50. The standard InChI is InChI=1S/C15H12FNOS/c1-9-2-3-12(16)11(6-9)15(18)10-7-14-13(17-8-10)4-5-19-14/h2-8,15,18H,1H3. The summed E-state index contributed by atoms with van der Waals surface area (Å²) in [5.41, 5.74) is 2.71. The topological polar surface area (TPSA) is 33.1 Å². The van der Waals surface area contributed by atoms with Crippen molar-refractivity contribution in [1.82, 2.24) is 4.98 Å². The Balaban J connectivity index is 2.07. The van der Waals surface area contributed by atoms with Gasteiger partial charge in [-0.3, -0.25) is 4.98 Å². The minimum Gasteiger partial charge on any atom is -0.383 e. The van der Waals surface area contributed by atoms with E-state index in [-0.39, 0.29) is 5.56 Å². The van der Waals surface area contributed by atoms with Crippen LogP contribution in [-0.2, 0) is 0 Å². The molecule has 1 aromatic carbocycles. The number of halogens is 1. The first-order valence-corrected chi connectivity index (χ1v) is 6.80. The summed E-state index contributed by atoms with van der Waals surface area (Å²) in [4.78, 5) is 4.27. The second-order valence-corrected chi connectivity index (χ2v) is 5.45. The van der Waals surface area contributed by atoms with Gasteiger partial charge in [-0.05, 0) is 30.5 Å². The smallest absolute Gasteiger partial charge is 0.129 e. The van der Waals surface area contributed by atoms with Gasteiger partial charge in [0.1, 0.15) is 11.9 Å². The lowest BCUT2D eigenvalue weighted by Gasteiger charge is -2.13. The Labute approximate surface area is 114 Å². The largest absolute Gasteiger partial charge is 0.383 e. The number of aryl methyl sites for hydroxylation is 1. The van der Waals surface area contributed by atoms with Crippen LogP contribution in [0.1, 0.15) is 22.8 Å². The molecule has 0 amide bonds. The highest BCUT2D eigenvalue weighted by Crippen LogP contribution is 2.28. The molecule has 3 rings (SSSR count). The fraction of sp³-hybridized carbons (Fsp3) is 0.133. The molecule has 0 aliphatic heterocycles. The van der Waals surface area contributed by atoms with Crippen molar-refractivity contribution in [2.75, 3.05) is 0 Å². The summed E-state index contributed by atoms with van der Waals surface area (Å²) in [5, 5.41) is 12.3. The van der Waals surface area contributed by atoms with Crippen LogP contribution >= 0.6 is 11.3 Å². The zero-order valence-corrected chi connectivity index (χ0v) is 11.1. The fourth-order valence-electron chi connectivity index (χ4n) is 2.06. The summed E-state index contributed by atoms with van der Waals surface area (Å²) >= 11 is 1.55. The highest BCUT2D eigenvalue weighted by atomic mass is 32.1. The third kappa shape index (κ3) is 2.25. The summed E-state index contributed by atoms with van der Waals surface area (Å²) in [6.07, 6.45) is 0.612. The number of aromatic nitrogens is 1. The molecule has 0 spiro atoms. The van der Waals surface area contributed by atoms with E-state index in [1.54, 1.807) is 29.7 Å². The molecule has 0 saturated heterocycles. The van der Waals surface area contributed by atoms with Gasteiger partial charge in [0.2, 0.25) is 0 Å². The molecule has 1 unspecified atom stereocenters. The molecule has 0 aliphatic carbocycles. The number of aliphatic hydroxyl groups excluding tert-OH is 1. The number of hydrogen-bond donors (Lipinski definition) is 1. The van der Waals surface area contributed by atoms with Gasteiger partial charge < -0.3 is 5.11 Å². The van der Waals surface area contributed by atoms with Crippen molar-refractivity contribution < 1.29 is 9.50 Å². The number of rotatable bonds is 2. The van der Waals surface area contributed by atoms with E-state index < -0.39 is 11.9 Å². The second kappa shape index (κ2) is 4.72. The van der Waals surface area contributed by atoms with E-state index in [4.69, 9.17) is 0 Å². The lowest BCUT2D eigenvalue weighted by molar-refractivity contribution is 0.214. The molecule has 0 bridgehead atoms. The number of nitrogens with zero attached hydrogens (tertiary/aromatic N) is 1. The maximum atomic E-state index is 13.8. The average Bonchev–Trinajstić information content (AvgIpc) is 2.88. The Morgan fingerprint density at radius 3 is 2.95 bits per heavy atom. The van der Waals surface area contributed by atoms with Crippen molar-refractivity contribution in [1.29, 1.82) is 0 Å². The van der Waals surface area contributed by atoms with Crippen LogP contribution in [-0.4, -0.2) is 10.1 Å². The molecule has 0 fully saturated rings. The monoisotopic (exact) mass is 273 g/mol. The van der Waals surface area contributed by atoms with Crippen LogP contribution in [0.2, 0.25) is 0 Å². The molecule has 1 N–H and O–H groups in total. The maximum Gasteiger partial charge on any atom is 0.129 e. The number of fused-ring (bicyclic) bond motifs is 1. The summed E-state index contributed by atoms with van der Waals surface area (Å²) in [5.74, 6) is -0.399. The van der Waals surface area contributed by atoms with E-state index >= 15 is 0 Å². The van der Waals surface area contributed by atoms with E-state index in [1.807, 2.05) is 24.4 Å². The SMILES string of the molecule is Cc1ccc(F)c(C(O)c2cnc3ccsc3c2)c1. The molecular formula is C15H12FNOS. The normalized spacial score (nSPS) is 12.8. The van der Waals surface area contributed by atoms with E-state index in [9.17, 15) is 9.50 Å². The van der Waals surface area contributed by atoms with Crippen molar-refractivity contribution in [2.45, 2.75) is 13.0 Å². The average molecular weight is 273 g/mol. The summed E-state index contributed by atoms with van der Waals surface area (Å²) < 4.78 is 14.8.